The summed E-state index contributed by atoms with van der Waals surface area (Å²) in [6.07, 6.45) is 0. The number of esters is 1. The van der Waals surface area contributed by atoms with Crippen LogP contribution in [-0.2, 0) is 4.74 Å². The molecule has 0 saturated heterocycles. The fourth-order valence-electron chi connectivity index (χ4n) is 1.23. The molecule has 0 atom stereocenters. The molecule has 5 nitrogen and oxygen atoms in total. The lowest BCUT2D eigenvalue weighted by atomic mass is 10.2. The Kier molecular flexibility index (Phi) is 4.78. The van der Waals surface area contributed by atoms with Crippen LogP contribution in [0.4, 0.5) is 10.5 Å². The number of benzene rings is 1. The van der Waals surface area contributed by atoms with Crippen LogP contribution >= 0.6 is 11.6 Å². The van der Waals surface area contributed by atoms with Gasteiger partial charge in [-0.3, -0.25) is 0 Å². The van der Waals surface area contributed by atoms with Gasteiger partial charge in [-0.25, -0.2) is 9.59 Å². The highest BCUT2D eigenvalue weighted by Crippen LogP contribution is 2.21. The number of methoxy groups -OCH3 is 1. The number of amides is 2. The van der Waals surface area contributed by atoms with E-state index in [1.807, 2.05) is 0 Å². The third-order valence-electron chi connectivity index (χ3n) is 1.97. The van der Waals surface area contributed by atoms with Crippen LogP contribution in [-0.4, -0.2) is 25.7 Å². The molecule has 1 aromatic carbocycles. The second kappa shape index (κ2) is 6.10. The summed E-state index contributed by atoms with van der Waals surface area (Å²) in [5.41, 5.74) is 0.568. The molecule has 17 heavy (non-hydrogen) atoms. The van der Waals surface area contributed by atoms with E-state index < -0.39 is 12.0 Å². The van der Waals surface area contributed by atoms with E-state index in [1.54, 1.807) is 13.0 Å². The average molecular weight is 257 g/mol. The third kappa shape index (κ3) is 3.64. The minimum absolute atomic E-state index is 0.253. The molecule has 0 aromatic heterocycles. The smallest absolute Gasteiger partial charge is 0.339 e. The topological polar surface area (TPSA) is 67.4 Å². The molecule has 0 unspecified atom stereocenters. The molecule has 0 fully saturated rings. The molecule has 0 heterocycles. The molecule has 0 radical (unpaired) electrons. The molecule has 2 amide bonds. The lowest BCUT2D eigenvalue weighted by Crippen LogP contribution is -2.29. The predicted octanol–water partition coefficient (Wildman–Crippen LogP) is 2.27. The van der Waals surface area contributed by atoms with Crippen molar-refractivity contribution in [3.05, 3.63) is 28.8 Å². The van der Waals surface area contributed by atoms with Crippen molar-refractivity contribution in [3.63, 3.8) is 0 Å². The van der Waals surface area contributed by atoms with Crippen LogP contribution in [0.25, 0.3) is 0 Å². The summed E-state index contributed by atoms with van der Waals surface area (Å²) in [5, 5.41) is 5.51. The number of urea groups is 1. The Morgan fingerprint density at radius 1 is 1.41 bits per heavy atom. The molecule has 6 heteroatoms. The van der Waals surface area contributed by atoms with Gasteiger partial charge in [0, 0.05) is 11.6 Å². The maximum Gasteiger partial charge on any atom is 0.339 e. The molecular weight excluding hydrogens is 244 g/mol. The monoisotopic (exact) mass is 256 g/mol. The molecule has 0 bridgehead atoms. The number of hydrogen-bond donors (Lipinski definition) is 2. The van der Waals surface area contributed by atoms with Gasteiger partial charge < -0.3 is 15.4 Å². The zero-order valence-corrected chi connectivity index (χ0v) is 10.3. The highest BCUT2D eigenvalue weighted by atomic mass is 35.5. The maximum atomic E-state index is 11.4. The summed E-state index contributed by atoms with van der Waals surface area (Å²) in [4.78, 5) is 22.8. The van der Waals surface area contributed by atoms with E-state index in [0.29, 0.717) is 17.3 Å². The number of carbonyl (C=O) groups is 2. The van der Waals surface area contributed by atoms with Gasteiger partial charge in [0.2, 0.25) is 0 Å². The van der Waals surface area contributed by atoms with Crippen molar-refractivity contribution >= 4 is 29.3 Å². The van der Waals surface area contributed by atoms with Gasteiger partial charge in [0.15, 0.2) is 0 Å². The van der Waals surface area contributed by atoms with Crippen molar-refractivity contribution in [2.24, 2.45) is 0 Å². The fraction of sp³-hybridized carbons (Fsp3) is 0.273. The minimum atomic E-state index is -0.534. The molecule has 0 aliphatic carbocycles. The first kappa shape index (κ1) is 13.3. The Morgan fingerprint density at radius 3 is 2.71 bits per heavy atom. The quantitative estimate of drug-likeness (QED) is 0.816. The SMILES string of the molecule is CCNC(=O)Nc1cc(Cl)ccc1C(=O)OC. The van der Waals surface area contributed by atoms with Crippen molar-refractivity contribution in [2.45, 2.75) is 6.92 Å². The van der Waals surface area contributed by atoms with Gasteiger partial charge in [-0.2, -0.15) is 0 Å². The van der Waals surface area contributed by atoms with E-state index in [1.165, 1.54) is 19.2 Å². The zero-order chi connectivity index (χ0) is 12.8. The number of hydrogen-bond acceptors (Lipinski definition) is 3. The summed E-state index contributed by atoms with van der Waals surface area (Å²) in [6.45, 7) is 2.28. The second-order valence-electron chi connectivity index (χ2n) is 3.17. The summed E-state index contributed by atoms with van der Waals surface area (Å²) >= 11 is 5.80. The van der Waals surface area contributed by atoms with Crippen LogP contribution in [0.1, 0.15) is 17.3 Å². The van der Waals surface area contributed by atoms with Crippen LogP contribution in [0.2, 0.25) is 5.02 Å². The Morgan fingerprint density at radius 2 is 2.12 bits per heavy atom. The first-order valence-electron chi connectivity index (χ1n) is 5.01. The van der Waals surface area contributed by atoms with Gasteiger partial charge in [0.1, 0.15) is 0 Å². The molecule has 1 aromatic rings. The number of anilines is 1. The Bertz CT molecular complexity index is 435. The Balaban J connectivity index is 2.99. The van der Waals surface area contributed by atoms with Gasteiger partial charge in [0.25, 0.3) is 0 Å². The largest absolute Gasteiger partial charge is 0.465 e. The highest BCUT2D eigenvalue weighted by molar-refractivity contribution is 6.31. The summed E-state index contributed by atoms with van der Waals surface area (Å²) in [6, 6.07) is 4.13. The second-order valence-corrected chi connectivity index (χ2v) is 3.60. The van der Waals surface area contributed by atoms with Gasteiger partial charge >= 0.3 is 12.0 Å². The lowest BCUT2D eigenvalue weighted by Gasteiger charge is -2.10. The highest BCUT2D eigenvalue weighted by Gasteiger charge is 2.13. The first-order valence-corrected chi connectivity index (χ1v) is 5.39. The molecule has 0 aliphatic rings. The van der Waals surface area contributed by atoms with Crippen molar-refractivity contribution in [1.82, 2.24) is 5.32 Å². The van der Waals surface area contributed by atoms with Crippen molar-refractivity contribution in [3.8, 4) is 0 Å². The van der Waals surface area contributed by atoms with Crippen LogP contribution in [0, 0.1) is 0 Å². The summed E-state index contributed by atoms with van der Waals surface area (Å²) < 4.78 is 4.60. The number of carbonyl (C=O) groups excluding carboxylic acids is 2. The van der Waals surface area contributed by atoms with E-state index in [2.05, 4.69) is 15.4 Å². The molecular formula is C11H13ClN2O3. The lowest BCUT2D eigenvalue weighted by molar-refractivity contribution is 0.0602. The molecule has 0 spiro atoms. The number of nitrogens with one attached hydrogen (secondary N) is 2. The molecule has 2 N–H and O–H groups in total. The van der Waals surface area contributed by atoms with E-state index in [0.717, 1.165) is 0 Å². The van der Waals surface area contributed by atoms with E-state index in [-0.39, 0.29) is 5.56 Å². The van der Waals surface area contributed by atoms with Gasteiger partial charge in [-0.15, -0.1) is 0 Å². The van der Waals surface area contributed by atoms with Crippen LogP contribution in [0.5, 0.6) is 0 Å². The standard InChI is InChI=1S/C11H13ClN2O3/c1-3-13-11(16)14-9-6-7(12)4-5-8(9)10(15)17-2/h4-6H,3H2,1-2H3,(H2,13,14,16). The molecule has 92 valence electrons. The number of rotatable bonds is 3. The predicted molar refractivity (Wildman–Crippen MR) is 65.5 cm³/mol. The van der Waals surface area contributed by atoms with Crippen LogP contribution in [0.15, 0.2) is 18.2 Å². The van der Waals surface area contributed by atoms with Crippen LogP contribution < -0.4 is 10.6 Å². The van der Waals surface area contributed by atoms with Gasteiger partial charge in [-0.05, 0) is 25.1 Å². The van der Waals surface area contributed by atoms with Crippen molar-refractivity contribution in [1.29, 1.82) is 0 Å². The Hall–Kier alpha value is -1.75. The van der Waals surface area contributed by atoms with E-state index in [4.69, 9.17) is 11.6 Å². The molecule has 1 rings (SSSR count). The van der Waals surface area contributed by atoms with Gasteiger partial charge in [-0.1, -0.05) is 11.6 Å². The van der Waals surface area contributed by atoms with Crippen molar-refractivity contribution in [2.75, 3.05) is 19.0 Å². The van der Waals surface area contributed by atoms with Crippen molar-refractivity contribution < 1.29 is 14.3 Å². The maximum absolute atomic E-state index is 11.4. The number of halogens is 1. The molecule has 0 saturated carbocycles. The normalized spacial score (nSPS) is 9.59. The zero-order valence-electron chi connectivity index (χ0n) is 9.54. The fourth-order valence-corrected chi connectivity index (χ4v) is 1.41. The van der Waals surface area contributed by atoms with E-state index >= 15 is 0 Å². The first-order chi connectivity index (χ1) is 8.08. The van der Waals surface area contributed by atoms with Crippen LogP contribution in [0.3, 0.4) is 0 Å². The Labute approximate surface area is 104 Å². The average Bonchev–Trinajstić information content (AvgIpc) is 2.28. The summed E-state index contributed by atoms with van der Waals surface area (Å²) in [5.74, 6) is -0.534. The number of ether oxygens (including phenoxy) is 1. The third-order valence-corrected chi connectivity index (χ3v) is 2.21. The van der Waals surface area contributed by atoms with Gasteiger partial charge in [0.05, 0.1) is 18.4 Å². The summed E-state index contributed by atoms with van der Waals surface area (Å²) in [7, 11) is 1.27. The van der Waals surface area contributed by atoms with E-state index in [9.17, 15) is 9.59 Å². The molecule has 0 aliphatic heterocycles. The minimum Gasteiger partial charge on any atom is -0.465 e.